The molecule has 1 N–H and O–H groups in total. The highest BCUT2D eigenvalue weighted by atomic mass is 32.1. The van der Waals surface area contributed by atoms with Gasteiger partial charge in [0.2, 0.25) is 5.13 Å². The van der Waals surface area contributed by atoms with Crippen molar-refractivity contribution in [3.8, 4) is 0 Å². The van der Waals surface area contributed by atoms with E-state index in [1.807, 2.05) is 0 Å². The summed E-state index contributed by atoms with van der Waals surface area (Å²) in [6.07, 6.45) is 9.00. The van der Waals surface area contributed by atoms with Crippen molar-refractivity contribution in [2.24, 2.45) is 0 Å². The Kier molecular flexibility index (Phi) is 2.92. The maximum atomic E-state index is 4.06. The molecule has 0 saturated carbocycles. The first-order chi connectivity index (χ1) is 6.45. The summed E-state index contributed by atoms with van der Waals surface area (Å²) in [5.41, 5.74) is 1.59. The summed E-state index contributed by atoms with van der Waals surface area (Å²) < 4.78 is 3.93. The van der Waals surface area contributed by atoms with Crippen LogP contribution in [0.15, 0.2) is 18.0 Å². The SMILES string of the molecule is C1=C(CCNc2ncns2)CCC1. The van der Waals surface area contributed by atoms with E-state index in [0.717, 1.165) is 18.1 Å². The van der Waals surface area contributed by atoms with Crippen molar-refractivity contribution < 1.29 is 0 Å². The van der Waals surface area contributed by atoms with Gasteiger partial charge in [0.05, 0.1) is 0 Å². The Morgan fingerprint density at radius 1 is 1.54 bits per heavy atom. The van der Waals surface area contributed by atoms with Crippen molar-refractivity contribution in [2.45, 2.75) is 25.7 Å². The fourth-order valence-electron chi connectivity index (χ4n) is 1.55. The molecule has 1 aliphatic rings. The van der Waals surface area contributed by atoms with E-state index >= 15 is 0 Å². The molecule has 0 bridgehead atoms. The van der Waals surface area contributed by atoms with E-state index in [2.05, 4.69) is 20.8 Å². The zero-order valence-electron chi connectivity index (χ0n) is 7.49. The van der Waals surface area contributed by atoms with Crippen molar-refractivity contribution in [3.05, 3.63) is 18.0 Å². The number of aromatic nitrogens is 2. The van der Waals surface area contributed by atoms with Gasteiger partial charge in [-0.05, 0) is 25.7 Å². The number of allylic oxidation sites excluding steroid dienone is 1. The van der Waals surface area contributed by atoms with E-state index < -0.39 is 0 Å². The van der Waals surface area contributed by atoms with Gasteiger partial charge in [-0.25, -0.2) is 4.98 Å². The minimum absolute atomic E-state index is 0.929. The highest BCUT2D eigenvalue weighted by molar-refractivity contribution is 7.09. The zero-order valence-corrected chi connectivity index (χ0v) is 8.31. The molecule has 1 aromatic rings. The number of nitrogens with zero attached hydrogens (tertiary/aromatic N) is 2. The summed E-state index contributed by atoms with van der Waals surface area (Å²) in [5.74, 6) is 0. The van der Waals surface area contributed by atoms with Crippen LogP contribution in [0.3, 0.4) is 0 Å². The quantitative estimate of drug-likeness (QED) is 0.750. The Hall–Kier alpha value is -0.900. The molecule has 0 aromatic carbocycles. The van der Waals surface area contributed by atoms with E-state index in [1.54, 1.807) is 11.9 Å². The van der Waals surface area contributed by atoms with E-state index in [1.165, 1.54) is 30.8 Å². The van der Waals surface area contributed by atoms with E-state index in [-0.39, 0.29) is 0 Å². The summed E-state index contributed by atoms with van der Waals surface area (Å²) in [5, 5.41) is 4.18. The Morgan fingerprint density at radius 3 is 3.23 bits per heavy atom. The zero-order chi connectivity index (χ0) is 8.93. The molecule has 70 valence electrons. The van der Waals surface area contributed by atoms with Gasteiger partial charge in [-0.15, -0.1) is 0 Å². The number of hydrogen-bond donors (Lipinski definition) is 1. The van der Waals surface area contributed by atoms with Gasteiger partial charge in [0, 0.05) is 18.1 Å². The second kappa shape index (κ2) is 4.37. The van der Waals surface area contributed by atoms with Gasteiger partial charge >= 0.3 is 0 Å². The minimum atomic E-state index is 0.929. The molecule has 1 heterocycles. The molecular formula is C9H13N3S. The third-order valence-electron chi connectivity index (χ3n) is 2.22. The molecule has 0 aliphatic heterocycles. The Morgan fingerprint density at radius 2 is 2.54 bits per heavy atom. The Balaban J connectivity index is 1.69. The van der Waals surface area contributed by atoms with Gasteiger partial charge in [0.1, 0.15) is 6.33 Å². The van der Waals surface area contributed by atoms with Crippen LogP contribution in [0, 0.1) is 0 Å². The van der Waals surface area contributed by atoms with Crippen LogP contribution in [0.1, 0.15) is 25.7 Å². The number of hydrogen-bond acceptors (Lipinski definition) is 4. The molecule has 0 atom stereocenters. The average molecular weight is 195 g/mol. The van der Waals surface area contributed by atoms with Gasteiger partial charge < -0.3 is 5.32 Å². The topological polar surface area (TPSA) is 37.8 Å². The molecule has 1 aromatic heterocycles. The van der Waals surface area contributed by atoms with Crippen LogP contribution in [0.25, 0.3) is 0 Å². The predicted molar refractivity (Wildman–Crippen MR) is 54.9 cm³/mol. The van der Waals surface area contributed by atoms with Crippen LogP contribution in [-0.2, 0) is 0 Å². The van der Waals surface area contributed by atoms with Crippen LogP contribution in [0.2, 0.25) is 0 Å². The number of anilines is 1. The van der Waals surface area contributed by atoms with Crippen LogP contribution in [-0.4, -0.2) is 15.9 Å². The maximum Gasteiger partial charge on any atom is 0.202 e. The summed E-state index contributed by atoms with van der Waals surface area (Å²) in [7, 11) is 0. The molecule has 0 unspecified atom stereocenters. The Labute approximate surface area is 82.1 Å². The molecule has 0 amide bonds. The van der Waals surface area contributed by atoms with Gasteiger partial charge in [-0.2, -0.15) is 4.37 Å². The summed E-state index contributed by atoms with van der Waals surface area (Å²) in [6.45, 7) is 0.987. The summed E-state index contributed by atoms with van der Waals surface area (Å²) >= 11 is 1.41. The fraction of sp³-hybridized carbons (Fsp3) is 0.556. The van der Waals surface area contributed by atoms with Crippen molar-refractivity contribution in [3.63, 3.8) is 0 Å². The second-order valence-electron chi connectivity index (χ2n) is 3.18. The maximum absolute atomic E-state index is 4.06. The lowest BCUT2D eigenvalue weighted by Gasteiger charge is -2.02. The lowest BCUT2D eigenvalue weighted by molar-refractivity contribution is 0.863. The Bertz CT molecular complexity index is 279. The molecule has 0 fully saturated rings. The number of rotatable bonds is 4. The van der Waals surface area contributed by atoms with Gasteiger partial charge in [0.25, 0.3) is 0 Å². The molecule has 0 radical (unpaired) electrons. The fourth-order valence-corrected chi connectivity index (χ4v) is 2.00. The van der Waals surface area contributed by atoms with Gasteiger partial charge in [0.15, 0.2) is 0 Å². The first-order valence-corrected chi connectivity index (χ1v) is 5.41. The van der Waals surface area contributed by atoms with E-state index in [0.29, 0.717) is 0 Å². The molecule has 3 nitrogen and oxygen atoms in total. The van der Waals surface area contributed by atoms with Crippen molar-refractivity contribution in [1.82, 2.24) is 9.36 Å². The lowest BCUT2D eigenvalue weighted by Crippen LogP contribution is -2.01. The van der Waals surface area contributed by atoms with Crippen LogP contribution in [0.5, 0.6) is 0 Å². The normalized spacial score (nSPS) is 15.8. The molecular weight excluding hydrogens is 182 g/mol. The van der Waals surface area contributed by atoms with Gasteiger partial charge in [-0.1, -0.05) is 11.6 Å². The van der Waals surface area contributed by atoms with Crippen molar-refractivity contribution in [2.75, 3.05) is 11.9 Å². The second-order valence-corrected chi connectivity index (χ2v) is 3.96. The van der Waals surface area contributed by atoms with Crippen molar-refractivity contribution in [1.29, 1.82) is 0 Å². The lowest BCUT2D eigenvalue weighted by atomic mass is 10.2. The summed E-state index contributed by atoms with van der Waals surface area (Å²) in [6, 6.07) is 0. The highest BCUT2D eigenvalue weighted by Gasteiger charge is 2.03. The first kappa shape index (κ1) is 8.69. The molecule has 4 heteroatoms. The third-order valence-corrected chi connectivity index (χ3v) is 2.84. The molecule has 2 rings (SSSR count). The summed E-state index contributed by atoms with van der Waals surface area (Å²) in [4.78, 5) is 4.06. The smallest absolute Gasteiger partial charge is 0.202 e. The van der Waals surface area contributed by atoms with Crippen LogP contribution < -0.4 is 5.32 Å². The largest absolute Gasteiger partial charge is 0.360 e. The van der Waals surface area contributed by atoms with Gasteiger partial charge in [-0.3, -0.25) is 0 Å². The monoisotopic (exact) mass is 195 g/mol. The standard InChI is InChI=1S/C9H13N3S/c1-2-4-8(3-1)5-6-10-9-11-7-12-13-9/h3,7H,1-2,4-6H2,(H,10,11,12). The number of nitrogens with one attached hydrogen (secondary N) is 1. The molecule has 13 heavy (non-hydrogen) atoms. The average Bonchev–Trinajstić information content (AvgIpc) is 2.75. The van der Waals surface area contributed by atoms with E-state index in [4.69, 9.17) is 0 Å². The molecule has 0 saturated heterocycles. The minimum Gasteiger partial charge on any atom is -0.360 e. The third kappa shape index (κ3) is 2.52. The highest BCUT2D eigenvalue weighted by Crippen LogP contribution is 2.20. The van der Waals surface area contributed by atoms with Crippen LogP contribution in [0.4, 0.5) is 5.13 Å². The van der Waals surface area contributed by atoms with Crippen LogP contribution >= 0.6 is 11.5 Å². The first-order valence-electron chi connectivity index (χ1n) is 4.63. The molecule has 0 spiro atoms. The predicted octanol–water partition coefficient (Wildman–Crippen LogP) is 2.45. The van der Waals surface area contributed by atoms with Crippen molar-refractivity contribution >= 4 is 16.7 Å². The van der Waals surface area contributed by atoms with E-state index in [9.17, 15) is 0 Å². The molecule has 1 aliphatic carbocycles.